The number of hydrogen-bond donors (Lipinski definition) is 2. The maximum absolute atomic E-state index is 15.1. The van der Waals surface area contributed by atoms with Gasteiger partial charge in [0.05, 0.1) is 29.7 Å². The van der Waals surface area contributed by atoms with Crippen molar-refractivity contribution in [2.75, 3.05) is 23.6 Å². The normalized spacial score (nSPS) is 12.6. The van der Waals surface area contributed by atoms with Crippen LogP contribution in [0, 0.1) is 0 Å². The number of nitrogens with zero attached hydrogens (tertiary/aromatic N) is 1. The summed E-state index contributed by atoms with van der Waals surface area (Å²) in [5.74, 6) is -5.51. The zero-order valence-electron chi connectivity index (χ0n) is 19.5. The predicted octanol–water partition coefficient (Wildman–Crippen LogP) is 4.43. The van der Waals surface area contributed by atoms with Gasteiger partial charge in [0.25, 0.3) is 10.0 Å². The molecule has 198 valence electrons. The third kappa shape index (κ3) is 7.20. The van der Waals surface area contributed by atoms with Gasteiger partial charge < -0.3 is 19.9 Å². The van der Waals surface area contributed by atoms with Crippen molar-refractivity contribution in [1.29, 1.82) is 0 Å². The molecule has 0 fully saturated rings. The Hall–Kier alpha value is -3.18. The molecule has 0 bridgehead atoms. The number of nitrogens with one attached hydrogen (secondary N) is 1. The number of sulfonamides is 1. The van der Waals surface area contributed by atoms with Crippen LogP contribution in [0.5, 0.6) is 5.75 Å². The third-order valence-electron chi connectivity index (χ3n) is 5.09. The van der Waals surface area contributed by atoms with Gasteiger partial charge in [-0.05, 0) is 45.1 Å². The fourth-order valence-electron chi connectivity index (χ4n) is 3.47. The molecule has 0 aromatic heterocycles. The number of alkyl halides is 2. The molecule has 2 N–H and O–H groups in total. The van der Waals surface area contributed by atoms with E-state index in [1.54, 1.807) is 30.3 Å². The van der Waals surface area contributed by atoms with Crippen LogP contribution in [0.2, 0.25) is 0 Å². The highest BCUT2D eigenvalue weighted by atomic mass is 32.2. The summed E-state index contributed by atoms with van der Waals surface area (Å²) in [6.07, 6.45) is 0. The molecule has 1 unspecified atom stereocenters. The van der Waals surface area contributed by atoms with E-state index in [2.05, 4.69) is 10.1 Å². The molecule has 0 spiro atoms. The highest BCUT2D eigenvalue weighted by molar-refractivity contribution is 7.92. The minimum Gasteiger partial charge on any atom is -0.430 e. The number of carbonyl (C=O) groups is 1. The van der Waals surface area contributed by atoms with Gasteiger partial charge in [-0.15, -0.1) is 0 Å². The molecule has 0 saturated heterocycles. The minimum atomic E-state index is -4.83. The molecule has 0 heterocycles. The number of methoxy groups -OCH3 is 1. The van der Waals surface area contributed by atoms with Gasteiger partial charge in [0.2, 0.25) is 5.91 Å². The largest absolute Gasteiger partial charge is 0.430 e. The number of rotatable bonds is 11. The first kappa shape index (κ1) is 28.4. The Kier molecular flexibility index (Phi) is 9.14. The number of halogens is 3. The number of aliphatic hydroxyl groups is 1. The van der Waals surface area contributed by atoms with E-state index in [1.807, 2.05) is 0 Å². The van der Waals surface area contributed by atoms with Crippen molar-refractivity contribution in [2.24, 2.45) is 0 Å². The fraction of sp³-hybridized carbons (Fsp3) is 0.208. The summed E-state index contributed by atoms with van der Waals surface area (Å²) >= 11 is 0. The second-order valence-electron chi connectivity index (χ2n) is 7.77. The lowest BCUT2D eigenvalue weighted by Crippen LogP contribution is -2.25. The Morgan fingerprint density at radius 1 is 1.11 bits per heavy atom. The number of hydrogen-bond acceptors (Lipinski definition) is 6. The van der Waals surface area contributed by atoms with Crippen LogP contribution in [0.25, 0.3) is 0 Å². The highest BCUT2D eigenvalue weighted by Gasteiger charge is 2.30. The summed E-state index contributed by atoms with van der Waals surface area (Å²) in [6, 6.07) is 16.4. The van der Waals surface area contributed by atoms with Crippen LogP contribution >= 0.6 is 9.24 Å². The van der Waals surface area contributed by atoms with Crippen molar-refractivity contribution in [3.05, 3.63) is 83.9 Å². The zero-order chi connectivity index (χ0) is 27.2. The third-order valence-corrected chi connectivity index (χ3v) is 6.80. The Morgan fingerprint density at radius 3 is 2.43 bits per heavy atom. The van der Waals surface area contributed by atoms with E-state index in [-0.39, 0.29) is 17.9 Å². The summed E-state index contributed by atoms with van der Waals surface area (Å²) in [7, 11) is -2.37. The first-order valence-electron chi connectivity index (χ1n) is 10.7. The molecule has 0 aliphatic heterocycles. The second-order valence-corrected chi connectivity index (χ2v) is 10.2. The average molecular weight is 556 g/mol. The number of ether oxygens (including phenoxy) is 2. The van der Waals surface area contributed by atoms with E-state index >= 15 is 4.48 Å². The van der Waals surface area contributed by atoms with E-state index in [9.17, 15) is 27.1 Å². The summed E-state index contributed by atoms with van der Waals surface area (Å²) in [6.45, 7) is -0.716. The maximum Gasteiger partial charge on any atom is 0.408 e. The molecule has 0 radical (unpaired) electrons. The monoisotopic (exact) mass is 556 g/mol. The lowest BCUT2D eigenvalue weighted by molar-refractivity contribution is -0.118. The van der Waals surface area contributed by atoms with E-state index in [4.69, 9.17) is 4.74 Å². The number of carbonyl (C=O) groups excluding carboxylic acids is 1. The molecule has 13 heteroatoms. The van der Waals surface area contributed by atoms with E-state index in [1.165, 1.54) is 19.2 Å². The van der Waals surface area contributed by atoms with Gasteiger partial charge in [-0.25, -0.2) is 0 Å². The quantitative estimate of drug-likeness (QED) is 0.268. The van der Waals surface area contributed by atoms with Crippen LogP contribution in [0.3, 0.4) is 0 Å². The van der Waals surface area contributed by atoms with Crippen LogP contribution in [0.15, 0.2) is 77.7 Å². The Morgan fingerprint density at radius 2 is 1.81 bits per heavy atom. The molecule has 3 rings (SSSR count). The Balaban J connectivity index is 1.89. The smallest absolute Gasteiger partial charge is 0.408 e. The van der Waals surface area contributed by atoms with Crippen molar-refractivity contribution in [3.63, 3.8) is 0 Å². The van der Waals surface area contributed by atoms with Gasteiger partial charge in [-0.1, -0.05) is 45.4 Å². The van der Waals surface area contributed by atoms with Crippen LogP contribution in [0.1, 0.15) is 17.0 Å². The van der Waals surface area contributed by atoms with E-state index < -0.39 is 55.2 Å². The fourth-order valence-corrected chi connectivity index (χ4v) is 4.86. The van der Waals surface area contributed by atoms with Gasteiger partial charge >= 0.3 is 5.85 Å². The molecule has 3 aromatic rings. The molecular weight excluding hydrogens is 532 g/mol. The number of amides is 1. The SMILES string of the molecule is COCc1cc(NC(=O)[C@@H](CO)c2ccccc2)ccc1S(=O)(=O)N(F)c1cccc(OC(F)(F)P)c1. The maximum atomic E-state index is 15.1. The lowest BCUT2D eigenvalue weighted by atomic mass is 9.99. The molecule has 1 amide bonds. The molecule has 0 aliphatic carbocycles. The molecule has 8 nitrogen and oxygen atoms in total. The molecule has 0 aliphatic rings. The zero-order valence-corrected chi connectivity index (χ0v) is 21.4. The lowest BCUT2D eigenvalue weighted by Gasteiger charge is -2.19. The van der Waals surface area contributed by atoms with Crippen molar-refractivity contribution < 1.29 is 41.1 Å². The number of anilines is 2. The average Bonchev–Trinajstić information content (AvgIpc) is 2.84. The van der Waals surface area contributed by atoms with Crippen molar-refractivity contribution in [3.8, 4) is 5.75 Å². The van der Waals surface area contributed by atoms with Crippen molar-refractivity contribution in [2.45, 2.75) is 23.3 Å². The molecule has 0 saturated carbocycles. The first-order chi connectivity index (χ1) is 17.5. The molecule has 37 heavy (non-hydrogen) atoms. The van der Waals surface area contributed by atoms with E-state index in [0.717, 1.165) is 39.6 Å². The van der Waals surface area contributed by atoms with Gasteiger partial charge in [-0.3, -0.25) is 4.79 Å². The first-order valence-corrected chi connectivity index (χ1v) is 12.7. The van der Waals surface area contributed by atoms with Gasteiger partial charge in [-0.2, -0.15) is 17.2 Å². The Labute approximate surface area is 214 Å². The van der Waals surface area contributed by atoms with Crippen LogP contribution in [-0.2, 0) is 26.2 Å². The summed E-state index contributed by atoms with van der Waals surface area (Å²) in [4.78, 5) is 12.3. The standard InChI is InChI=1S/C24H24F3N2O6PS/c1-34-15-17-12-18(28-23(31)21(14-30)16-6-3-2-4-7-16)10-11-22(17)37(32,33)29(27)19-8-5-9-20(13-19)35-24(25,26)36/h2-13,21,30H,14-15,36H2,1H3,(H,28,31)/t21-/m0/s1. The Bertz CT molecular complexity index is 1340. The summed E-state index contributed by atoms with van der Waals surface area (Å²) in [5.41, 5.74) is 0.222. The number of aliphatic hydroxyl groups excluding tert-OH is 1. The second kappa shape index (κ2) is 11.9. The van der Waals surface area contributed by atoms with E-state index in [0.29, 0.717) is 5.56 Å². The topological polar surface area (TPSA) is 105 Å². The van der Waals surface area contributed by atoms with Gasteiger partial charge in [0.15, 0.2) is 0 Å². The van der Waals surface area contributed by atoms with Crippen LogP contribution in [-0.4, -0.2) is 39.0 Å². The van der Waals surface area contributed by atoms with Crippen LogP contribution < -0.4 is 14.6 Å². The predicted molar refractivity (Wildman–Crippen MR) is 135 cm³/mol. The molecular formula is C24H24F3N2O6PS. The summed E-state index contributed by atoms with van der Waals surface area (Å²) < 4.78 is 76.4. The van der Waals surface area contributed by atoms with Gasteiger partial charge in [0.1, 0.15) is 5.75 Å². The van der Waals surface area contributed by atoms with Gasteiger partial charge in [0, 0.05) is 24.4 Å². The van der Waals surface area contributed by atoms with Crippen molar-refractivity contribution in [1.82, 2.24) is 0 Å². The van der Waals surface area contributed by atoms with Crippen molar-refractivity contribution >= 4 is 36.5 Å². The summed E-state index contributed by atoms with van der Waals surface area (Å²) in [5, 5.41) is 12.3. The van der Waals surface area contributed by atoms with Crippen LogP contribution in [0.4, 0.5) is 24.6 Å². The molecule has 2 atom stereocenters. The number of benzene rings is 3. The highest BCUT2D eigenvalue weighted by Crippen LogP contribution is 2.33. The molecule has 3 aromatic carbocycles. The minimum absolute atomic E-state index is 0.0205.